The molecule has 1 aliphatic rings. The molecule has 1 unspecified atom stereocenters. The van der Waals surface area contributed by atoms with E-state index in [0.717, 1.165) is 10.9 Å². The van der Waals surface area contributed by atoms with Gasteiger partial charge in [0.1, 0.15) is 5.58 Å². The highest BCUT2D eigenvalue weighted by atomic mass is 16.3. The Morgan fingerprint density at radius 3 is 2.95 bits per heavy atom. The van der Waals surface area contributed by atoms with Gasteiger partial charge in [-0.2, -0.15) is 0 Å². The van der Waals surface area contributed by atoms with E-state index < -0.39 is 0 Å². The van der Waals surface area contributed by atoms with Crippen LogP contribution in [0.2, 0.25) is 0 Å². The minimum Gasteiger partial charge on any atom is -0.465 e. The van der Waals surface area contributed by atoms with Crippen LogP contribution in [0.25, 0.3) is 15.8 Å². The van der Waals surface area contributed by atoms with E-state index in [9.17, 15) is 9.59 Å². The van der Waals surface area contributed by atoms with Crippen molar-refractivity contribution < 1.29 is 14.0 Å². The molecule has 0 radical (unpaired) electrons. The summed E-state index contributed by atoms with van der Waals surface area (Å²) in [6.45, 7) is 6.96. The molecule has 1 aromatic heterocycles. The van der Waals surface area contributed by atoms with Gasteiger partial charge in [0.2, 0.25) is 11.8 Å². The van der Waals surface area contributed by atoms with Crippen LogP contribution in [0, 0.1) is 6.57 Å². The number of piperidine rings is 1. The highest BCUT2D eigenvalue weighted by Crippen LogP contribution is 2.34. The zero-order valence-corrected chi connectivity index (χ0v) is 9.97. The van der Waals surface area contributed by atoms with Gasteiger partial charge in [0, 0.05) is 17.4 Å². The van der Waals surface area contributed by atoms with Gasteiger partial charge in [-0.15, -0.1) is 0 Å². The third kappa shape index (κ3) is 1.87. The Morgan fingerprint density at radius 2 is 2.21 bits per heavy atom. The van der Waals surface area contributed by atoms with Crippen molar-refractivity contribution >= 4 is 28.5 Å². The maximum Gasteiger partial charge on any atom is 0.234 e. The Balaban J connectivity index is 2.04. The molecule has 0 saturated carbocycles. The number of carbonyl (C=O) groups excluding carboxylic acids is 2. The van der Waals surface area contributed by atoms with Crippen LogP contribution in [0.5, 0.6) is 0 Å². The minimum absolute atomic E-state index is 0.232. The average molecular weight is 254 g/mol. The zero-order valence-electron chi connectivity index (χ0n) is 9.97. The van der Waals surface area contributed by atoms with E-state index in [-0.39, 0.29) is 17.7 Å². The van der Waals surface area contributed by atoms with Gasteiger partial charge < -0.3 is 4.42 Å². The van der Waals surface area contributed by atoms with Crippen molar-refractivity contribution in [3.8, 4) is 0 Å². The van der Waals surface area contributed by atoms with Crippen LogP contribution in [0.4, 0.5) is 5.69 Å². The molecule has 2 amide bonds. The number of nitrogens with one attached hydrogen (secondary N) is 1. The first-order valence-corrected chi connectivity index (χ1v) is 5.91. The summed E-state index contributed by atoms with van der Waals surface area (Å²) < 4.78 is 5.41. The third-order valence-electron chi connectivity index (χ3n) is 3.33. The number of benzene rings is 1. The van der Waals surface area contributed by atoms with Gasteiger partial charge in [-0.3, -0.25) is 14.9 Å². The Morgan fingerprint density at radius 1 is 1.37 bits per heavy atom. The minimum atomic E-state index is -0.363. The number of fused-ring (bicyclic) bond motifs is 1. The summed E-state index contributed by atoms with van der Waals surface area (Å²) >= 11 is 0. The van der Waals surface area contributed by atoms with Crippen molar-refractivity contribution in [2.45, 2.75) is 18.8 Å². The monoisotopic (exact) mass is 254 g/mol. The van der Waals surface area contributed by atoms with Crippen LogP contribution in [-0.4, -0.2) is 11.8 Å². The lowest BCUT2D eigenvalue weighted by Crippen LogP contribution is -2.39. The molecule has 2 aromatic rings. The van der Waals surface area contributed by atoms with Crippen LogP contribution in [0.1, 0.15) is 24.3 Å². The summed E-state index contributed by atoms with van der Waals surface area (Å²) in [5.74, 6) is -0.879. The topological polar surface area (TPSA) is 63.7 Å². The molecule has 0 bridgehead atoms. The molecule has 19 heavy (non-hydrogen) atoms. The second-order valence-corrected chi connectivity index (χ2v) is 4.49. The molecule has 5 nitrogen and oxygen atoms in total. The maximum atomic E-state index is 11.8. The fraction of sp³-hybridized carbons (Fsp3) is 0.214. The van der Waals surface area contributed by atoms with Gasteiger partial charge >= 0.3 is 0 Å². The maximum absolute atomic E-state index is 11.8. The van der Waals surface area contributed by atoms with Gasteiger partial charge in [-0.1, -0.05) is 12.1 Å². The number of imide groups is 1. The number of hydrogen-bond donors (Lipinski definition) is 1. The van der Waals surface area contributed by atoms with E-state index in [1.165, 1.54) is 0 Å². The number of amides is 2. The van der Waals surface area contributed by atoms with E-state index in [4.69, 9.17) is 11.0 Å². The Bertz CT molecular complexity index is 724. The van der Waals surface area contributed by atoms with Crippen molar-refractivity contribution in [3.05, 3.63) is 41.4 Å². The molecule has 94 valence electrons. The molecule has 1 N–H and O–H groups in total. The lowest BCUT2D eigenvalue weighted by molar-refractivity contribution is -0.134. The number of hydrogen-bond acceptors (Lipinski definition) is 3. The van der Waals surface area contributed by atoms with Crippen molar-refractivity contribution in [1.82, 2.24) is 5.32 Å². The Labute approximate surface area is 109 Å². The van der Waals surface area contributed by atoms with Crippen molar-refractivity contribution in [1.29, 1.82) is 0 Å². The Hall–Kier alpha value is -2.61. The molecule has 1 aromatic carbocycles. The molecule has 3 rings (SSSR count). The molecule has 0 aliphatic carbocycles. The average Bonchev–Trinajstić information content (AvgIpc) is 2.81. The first-order chi connectivity index (χ1) is 9.19. The zero-order chi connectivity index (χ0) is 13.4. The van der Waals surface area contributed by atoms with Crippen LogP contribution in [0.3, 0.4) is 0 Å². The fourth-order valence-corrected chi connectivity index (χ4v) is 2.37. The lowest BCUT2D eigenvalue weighted by atomic mass is 9.90. The van der Waals surface area contributed by atoms with Crippen LogP contribution >= 0.6 is 0 Å². The van der Waals surface area contributed by atoms with Crippen molar-refractivity contribution in [2.75, 3.05) is 0 Å². The second kappa shape index (κ2) is 4.25. The van der Waals surface area contributed by atoms with Crippen LogP contribution in [0.15, 0.2) is 28.9 Å². The first-order valence-electron chi connectivity index (χ1n) is 5.91. The van der Waals surface area contributed by atoms with Crippen molar-refractivity contribution in [2.24, 2.45) is 0 Å². The molecule has 5 heteroatoms. The first kappa shape index (κ1) is 11.5. The summed E-state index contributed by atoms with van der Waals surface area (Å²) in [4.78, 5) is 26.3. The highest BCUT2D eigenvalue weighted by Gasteiger charge is 2.30. The second-order valence-electron chi connectivity index (χ2n) is 4.49. The van der Waals surface area contributed by atoms with Gasteiger partial charge in [-0.25, -0.2) is 4.85 Å². The predicted molar refractivity (Wildman–Crippen MR) is 67.6 cm³/mol. The fourth-order valence-electron chi connectivity index (χ4n) is 2.37. The normalized spacial score (nSPS) is 19.2. The van der Waals surface area contributed by atoms with Gasteiger partial charge in [0.25, 0.3) is 0 Å². The van der Waals surface area contributed by atoms with Gasteiger partial charge in [-0.05, 0) is 12.5 Å². The van der Waals surface area contributed by atoms with E-state index >= 15 is 0 Å². The van der Waals surface area contributed by atoms with E-state index in [1.807, 2.05) is 0 Å². The summed E-state index contributed by atoms with van der Waals surface area (Å²) in [5, 5.41) is 3.16. The summed E-state index contributed by atoms with van der Waals surface area (Å²) in [7, 11) is 0. The SMILES string of the molecule is [C-]#[N+]c1ccc2c(C3CCC(=O)NC3=O)coc2c1. The summed E-state index contributed by atoms with van der Waals surface area (Å²) in [6, 6.07) is 5.13. The highest BCUT2D eigenvalue weighted by molar-refractivity contribution is 6.02. The number of rotatable bonds is 1. The van der Waals surface area contributed by atoms with Gasteiger partial charge in [0.05, 0.1) is 18.8 Å². The molecule has 1 fully saturated rings. The molecule has 2 heterocycles. The van der Waals surface area contributed by atoms with Crippen LogP contribution < -0.4 is 5.32 Å². The molecule has 1 saturated heterocycles. The van der Waals surface area contributed by atoms with E-state index in [2.05, 4.69) is 10.2 Å². The van der Waals surface area contributed by atoms with Crippen molar-refractivity contribution in [3.63, 3.8) is 0 Å². The van der Waals surface area contributed by atoms with Crippen LogP contribution in [-0.2, 0) is 9.59 Å². The lowest BCUT2D eigenvalue weighted by Gasteiger charge is -2.19. The third-order valence-corrected chi connectivity index (χ3v) is 3.33. The molecular formula is C14H10N2O3. The number of nitrogens with zero attached hydrogens (tertiary/aromatic N) is 1. The Kier molecular flexibility index (Phi) is 2.57. The molecule has 0 spiro atoms. The van der Waals surface area contributed by atoms with E-state index in [1.54, 1.807) is 24.5 Å². The summed E-state index contributed by atoms with van der Waals surface area (Å²) in [6.07, 6.45) is 2.37. The number of carbonyl (C=O) groups is 2. The standard InChI is InChI=1S/C14H10N2O3/c1-15-8-2-3-9-11(7-19-12(9)6-8)10-4-5-13(17)16-14(10)18/h2-3,6-7,10H,4-5H2,(H,16,17,18). The predicted octanol–water partition coefficient (Wildman–Crippen LogP) is 2.50. The quantitative estimate of drug-likeness (QED) is 0.628. The molecule has 1 aliphatic heterocycles. The molecular weight excluding hydrogens is 244 g/mol. The molecule has 1 atom stereocenters. The van der Waals surface area contributed by atoms with Gasteiger partial charge in [0.15, 0.2) is 5.69 Å². The van der Waals surface area contributed by atoms with E-state index in [0.29, 0.717) is 24.1 Å². The summed E-state index contributed by atoms with van der Waals surface area (Å²) in [5.41, 5.74) is 1.86. The largest absolute Gasteiger partial charge is 0.465 e. The number of furan rings is 1. The smallest absolute Gasteiger partial charge is 0.234 e.